The van der Waals surface area contributed by atoms with Crippen LogP contribution < -0.4 is 4.72 Å². The Morgan fingerprint density at radius 2 is 2.11 bits per heavy atom. The van der Waals surface area contributed by atoms with Crippen molar-refractivity contribution >= 4 is 10.0 Å². The van der Waals surface area contributed by atoms with Gasteiger partial charge < -0.3 is 0 Å². The molecule has 1 aliphatic carbocycles. The van der Waals surface area contributed by atoms with Gasteiger partial charge in [0.15, 0.2) is 0 Å². The zero-order valence-corrected chi connectivity index (χ0v) is 12.7. The lowest BCUT2D eigenvalue weighted by Crippen LogP contribution is -2.38. The van der Waals surface area contributed by atoms with E-state index in [1.54, 1.807) is 13.8 Å². The van der Waals surface area contributed by atoms with Gasteiger partial charge in [0.25, 0.3) is 0 Å². The van der Waals surface area contributed by atoms with Crippen LogP contribution in [-0.2, 0) is 10.0 Å². The quantitative estimate of drug-likeness (QED) is 0.891. The Kier molecular flexibility index (Phi) is 4.30. The Labute approximate surface area is 115 Å². The van der Waals surface area contributed by atoms with Gasteiger partial charge in [-0.1, -0.05) is 26.2 Å². The number of hydrogen-bond donors (Lipinski definition) is 2. The standard InChI is InChI=1S/C13H23N3O2S/c1-4-11-6-5-7-12(8-11)16-19(17,18)13-9(2)14-15-10(13)3/h11-12,16H,4-8H2,1-3H3,(H,14,15). The molecule has 1 heterocycles. The summed E-state index contributed by atoms with van der Waals surface area (Å²) in [5, 5.41) is 6.69. The van der Waals surface area contributed by atoms with Crippen LogP contribution in [0.4, 0.5) is 0 Å². The van der Waals surface area contributed by atoms with Crippen LogP contribution >= 0.6 is 0 Å². The lowest BCUT2D eigenvalue weighted by molar-refractivity contribution is 0.301. The number of nitrogens with one attached hydrogen (secondary N) is 2. The van der Waals surface area contributed by atoms with Crippen LogP contribution in [0.15, 0.2) is 4.90 Å². The zero-order chi connectivity index (χ0) is 14.0. The third-order valence-electron chi connectivity index (χ3n) is 4.01. The molecule has 0 amide bonds. The molecule has 2 N–H and O–H groups in total. The van der Waals surface area contributed by atoms with E-state index in [0.29, 0.717) is 22.2 Å². The van der Waals surface area contributed by atoms with E-state index in [1.807, 2.05) is 0 Å². The number of nitrogens with zero attached hydrogens (tertiary/aromatic N) is 1. The highest BCUT2D eigenvalue weighted by molar-refractivity contribution is 7.89. The normalized spacial score (nSPS) is 24.6. The van der Waals surface area contributed by atoms with Crippen LogP contribution in [-0.4, -0.2) is 24.7 Å². The van der Waals surface area contributed by atoms with Crippen molar-refractivity contribution in [3.05, 3.63) is 11.4 Å². The van der Waals surface area contributed by atoms with Gasteiger partial charge in [-0.05, 0) is 32.6 Å². The summed E-state index contributed by atoms with van der Waals surface area (Å²) in [4.78, 5) is 0.311. The molecular weight excluding hydrogens is 262 g/mol. The van der Waals surface area contributed by atoms with Gasteiger partial charge in [-0.15, -0.1) is 0 Å². The highest BCUT2D eigenvalue weighted by Crippen LogP contribution is 2.28. The Hall–Kier alpha value is -0.880. The zero-order valence-electron chi connectivity index (χ0n) is 11.9. The van der Waals surface area contributed by atoms with E-state index in [9.17, 15) is 8.42 Å². The second-order valence-electron chi connectivity index (χ2n) is 5.52. The fourth-order valence-electron chi connectivity index (χ4n) is 2.98. The predicted molar refractivity (Wildman–Crippen MR) is 74.4 cm³/mol. The minimum atomic E-state index is -3.45. The summed E-state index contributed by atoms with van der Waals surface area (Å²) >= 11 is 0. The number of hydrogen-bond acceptors (Lipinski definition) is 3. The molecule has 0 radical (unpaired) electrons. The second-order valence-corrected chi connectivity index (χ2v) is 7.17. The molecule has 108 valence electrons. The van der Waals surface area contributed by atoms with Crippen molar-refractivity contribution in [2.75, 3.05) is 0 Å². The molecule has 0 bridgehead atoms. The summed E-state index contributed by atoms with van der Waals surface area (Å²) < 4.78 is 27.7. The maximum Gasteiger partial charge on any atom is 0.244 e. The van der Waals surface area contributed by atoms with E-state index < -0.39 is 10.0 Å². The monoisotopic (exact) mass is 285 g/mol. The number of aryl methyl sites for hydroxylation is 2. The highest BCUT2D eigenvalue weighted by Gasteiger charge is 2.28. The Bertz CT molecular complexity index is 517. The van der Waals surface area contributed by atoms with Gasteiger partial charge >= 0.3 is 0 Å². The number of H-pyrrole nitrogens is 1. The van der Waals surface area contributed by atoms with Gasteiger partial charge in [-0.2, -0.15) is 5.10 Å². The van der Waals surface area contributed by atoms with E-state index in [-0.39, 0.29) is 6.04 Å². The smallest absolute Gasteiger partial charge is 0.244 e. The summed E-state index contributed by atoms with van der Waals surface area (Å²) in [6.07, 6.45) is 5.34. The first kappa shape index (κ1) is 14.5. The van der Waals surface area contributed by atoms with Crippen molar-refractivity contribution in [1.82, 2.24) is 14.9 Å². The van der Waals surface area contributed by atoms with Gasteiger partial charge in [0.2, 0.25) is 10.0 Å². The van der Waals surface area contributed by atoms with Crippen molar-refractivity contribution in [3.63, 3.8) is 0 Å². The summed E-state index contributed by atoms with van der Waals surface area (Å²) in [7, 11) is -3.45. The van der Waals surface area contributed by atoms with Crippen LogP contribution in [0, 0.1) is 19.8 Å². The molecule has 1 saturated carbocycles. The Morgan fingerprint density at radius 3 is 2.68 bits per heavy atom. The first-order valence-electron chi connectivity index (χ1n) is 6.98. The third-order valence-corrected chi connectivity index (χ3v) is 5.79. The molecule has 1 aliphatic rings. The second kappa shape index (κ2) is 5.63. The lowest BCUT2D eigenvalue weighted by Gasteiger charge is -2.28. The van der Waals surface area contributed by atoms with E-state index in [0.717, 1.165) is 25.7 Å². The molecule has 2 unspecified atom stereocenters. The van der Waals surface area contributed by atoms with Crippen molar-refractivity contribution < 1.29 is 8.42 Å². The molecule has 6 heteroatoms. The fraction of sp³-hybridized carbons (Fsp3) is 0.769. The van der Waals surface area contributed by atoms with Gasteiger partial charge in [0, 0.05) is 6.04 Å². The molecule has 0 aromatic carbocycles. The number of aromatic amines is 1. The first-order valence-corrected chi connectivity index (χ1v) is 8.46. The SMILES string of the molecule is CCC1CCCC(NS(=O)(=O)c2c(C)n[nH]c2C)C1. The van der Waals surface area contributed by atoms with Crippen LogP contribution in [0.3, 0.4) is 0 Å². The summed E-state index contributed by atoms with van der Waals surface area (Å²) in [5.41, 5.74) is 1.14. The van der Waals surface area contributed by atoms with Gasteiger partial charge in [0.1, 0.15) is 4.90 Å². The van der Waals surface area contributed by atoms with Crippen molar-refractivity contribution in [2.45, 2.75) is 63.8 Å². The van der Waals surface area contributed by atoms with E-state index in [1.165, 1.54) is 6.42 Å². The summed E-state index contributed by atoms with van der Waals surface area (Å²) in [6.45, 7) is 5.63. The summed E-state index contributed by atoms with van der Waals surface area (Å²) in [6, 6.07) is 0.0670. The average Bonchev–Trinajstić information content (AvgIpc) is 2.69. The predicted octanol–water partition coefficient (Wildman–Crippen LogP) is 2.27. The summed E-state index contributed by atoms with van der Waals surface area (Å²) in [5.74, 6) is 0.646. The first-order chi connectivity index (χ1) is 8.94. The van der Waals surface area contributed by atoms with Gasteiger partial charge in [-0.3, -0.25) is 5.10 Å². The van der Waals surface area contributed by atoms with E-state index in [4.69, 9.17) is 0 Å². The minimum Gasteiger partial charge on any atom is -0.281 e. The largest absolute Gasteiger partial charge is 0.281 e. The number of rotatable bonds is 4. The van der Waals surface area contributed by atoms with Crippen molar-refractivity contribution in [2.24, 2.45) is 5.92 Å². The fourth-order valence-corrected chi connectivity index (χ4v) is 4.64. The molecule has 2 rings (SSSR count). The lowest BCUT2D eigenvalue weighted by atomic mass is 9.85. The van der Waals surface area contributed by atoms with Crippen LogP contribution in [0.5, 0.6) is 0 Å². The third kappa shape index (κ3) is 3.17. The molecule has 1 aromatic rings. The van der Waals surface area contributed by atoms with E-state index in [2.05, 4.69) is 21.8 Å². The highest BCUT2D eigenvalue weighted by atomic mass is 32.2. The topological polar surface area (TPSA) is 74.8 Å². The molecule has 0 aliphatic heterocycles. The molecule has 19 heavy (non-hydrogen) atoms. The molecule has 1 aromatic heterocycles. The molecule has 0 spiro atoms. The molecule has 1 fully saturated rings. The van der Waals surface area contributed by atoms with Crippen LogP contribution in [0.2, 0.25) is 0 Å². The molecular formula is C13H23N3O2S. The molecule has 2 atom stereocenters. The maximum absolute atomic E-state index is 12.4. The number of aromatic nitrogens is 2. The minimum absolute atomic E-state index is 0.0670. The molecule has 0 saturated heterocycles. The average molecular weight is 285 g/mol. The Morgan fingerprint density at radius 1 is 1.37 bits per heavy atom. The van der Waals surface area contributed by atoms with Crippen LogP contribution in [0.25, 0.3) is 0 Å². The van der Waals surface area contributed by atoms with Crippen molar-refractivity contribution in [1.29, 1.82) is 0 Å². The Balaban J connectivity index is 2.14. The van der Waals surface area contributed by atoms with E-state index >= 15 is 0 Å². The number of sulfonamides is 1. The van der Waals surface area contributed by atoms with Crippen molar-refractivity contribution in [3.8, 4) is 0 Å². The van der Waals surface area contributed by atoms with Gasteiger partial charge in [-0.25, -0.2) is 13.1 Å². The van der Waals surface area contributed by atoms with Gasteiger partial charge in [0.05, 0.1) is 11.4 Å². The maximum atomic E-state index is 12.4. The molecule has 5 nitrogen and oxygen atoms in total. The van der Waals surface area contributed by atoms with Crippen LogP contribution in [0.1, 0.15) is 50.4 Å².